The van der Waals surface area contributed by atoms with Gasteiger partial charge in [-0.15, -0.1) is 12.4 Å². The van der Waals surface area contributed by atoms with Gasteiger partial charge in [-0.05, 0) is 76.4 Å². The predicted octanol–water partition coefficient (Wildman–Crippen LogP) is 3.55. The van der Waals surface area contributed by atoms with Gasteiger partial charge in [-0.1, -0.05) is 13.8 Å². The van der Waals surface area contributed by atoms with Crippen LogP contribution < -0.4 is 5.32 Å². The molecule has 1 aliphatic carbocycles. The van der Waals surface area contributed by atoms with E-state index in [0.717, 1.165) is 23.8 Å². The van der Waals surface area contributed by atoms with Crippen molar-refractivity contribution >= 4 is 12.4 Å². The lowest BCUT2D eigenvalue weighted by Crippen LogP contribution is -2.42. The van der Waals surface area contributed by atoms with E-state index in [-0.39, 0.29) is 12.4 Å². The summed E-state index contributed by atoms with van der Waals surface area (Å²) in [5.74, 6) is 2.77. The SMILES string of the molecule is CC(C)C1CCC(N(C)CC2CCCNC2)CC1.Cl. The van der Waals surface area contributed by atoms with E-state index >= 15 is 0 Å². The summed E-state index contributed by atoms with van der Waals surface area (Å²) >= 11 is 0. The molecule has 1 N–H and O–H groups in total. The molecule has 1 unspecified atom stereocenters. The fraction of sp³-hybridized carbons (Fsp3) is 1.00. The topological polar surface area (TPSA) is 15.3 Å². The lowest BCUT2D eigenvalue weighted by molar-refractivity contribution is 0.125. The zero-order chi connectivity index (χ0) is 13.0. The van der Waals surface area contributed by atoms with E-state index in [1.807, 2.05) is 0 Å². The van der Waals surface area contributed by atoms with Crippen LogP contribution in [0, 0.1) is 17.8 Å². The number of nitrogens with one attached hydrogen (secondary N) is 1. The summed E-state index contributed by atoms with van der Waals surface area (Å²) in [7, 11) is 2.36. The third-order valence-corrected chi connectivity index (χ3v) is 5.25. The van der Waals surface area contributed by atoms with Crippen molar-refractivity contribution in [3.63, 3.8) is 0 Å². The maximum Gasteiger partial charge on any atom is 0.00925 e. The van der Waals surface area contributed by atoms with Crippen LogP contribution in [0.3, 0.4) is 0 Å². The molecule has 0 spiro atoms. The maximum absolute atomic E-state index is 3.54. The lowest BCUT2D eigenvalue weighted by atomic mass is 9.79. The van der Waals surface area contributed by atoms with Crippen molar-refractivity contribution in [2.45, 2.75) is 58.4 Å². The average Bonchev–Trinajstić information content (AvgIpc) is 2.40. The second-order valence-corrected chi connectivity index (χ2v) is 6.96. The predicted molar refractivity (Wildman–Crippen MR) is 86.1 cm³/mol. The normalized spacial score (nSPS) is 32.4. The van der Waals surface area contributed by atoms with E-state index in [1.54, 1.807) is 0 Å². The molecule has 114 valence electrons. The third-order valence-electron chi connectivity index (χ3n) is 5.25. The van der Waals surface area contributed by atoms with Crippen molar-refractivity contribution in [3.05, 3.63) is 0 Å². The molecule has 1 atom stereocenters. The van der Waals surface area contributed by atoms with Crippen LogP contribution in [0.1, 0.15) is 52.4 Å². The molecule has 1 heterocycles. The second-order valence-electron chi connectivity index (χ2n) is 6.96. The van der Waals surface area contributed by atoms with Gasteiger partial charge in [0.15, 0.2) is 0 Å². The van der Waals surface area contributed by atoms with Gasteiger partial charge in [0.2, 0.25) is 0 Å². The van der Waals surface area contributed by atoms with Gasteiger partial charge < -0.3 is 10.2 Å². The molecule has 3 heteroatoms. The van der Waals surface area contributed by atoms with E-state index in [0.29, 0.717) is 0 Å². The summed E-state index contributed by atoms with van der Waals surface area (Å²) in [5, 5.41) is 3.54. The van der Waals surface area contributed by atoms with Crippen LogP contribution in [0.15, 0.2) is 0 Å². The van der Waals surface area contributed by atoms with Crippen molar-refractivity contribution < 1.29 is 0 Å². The Kier molecular flexibility index (Phi) is 7.71. The van der Waals surface area contributed by atoms with Crippen LogP contribution in [0.4, 0.5) is 0 Å². The molecule has 0 aromatic carbocycles. The first-order valence-corrected chi connectivity index (χ1v) is 8.07. The lowest BCUT2D eigenvalue weighted by Gasteiger charge is -2.38. The molecule has 0 aromatic rings. The van der Waals surface area contributed by atoms with Crippen molar-refractivity contribution in [1.82, 2.24) is 10.2 Å². The minimum atomic E-state index is 0. The Morgan fingerprint density at radius 2 is 1.79 bits per heavy atom. The molecule has 0 aromatic heterocycles. The molecule has 0 bridgehead atoms. The van der Waals surface area contributed by atoms with Gasteiger partial charge >= 0.3 is 0 Å². The summed E-state index contributed by atoms with van der Waals surface area (Å²) in [6, 6.07) is 0.863. The average molecular weight is 289 g/mol. The number of hydrogen-bond donors (Lipinski definition) is 1. The maximum atomic E-state index is 3.54. The quantitative estimate of drug-likeness (QED) is 0.851. The zero-order valence-electron chi connectivity index (χ0n) is 13.0. The molecular formula is C16H33ClN2. The van der Waals surface area contributed by atoms with E-state index in [9.17, 15) is 0 Å². The summed E-state index contributed by atoms with van der Waals surface area (Å²) in [5.41, 5.74) is 0. The van der Waals surface area contributed by atoms with Crippen molar-refractivity contribution in [2.75, 3.05) is 26.7 Å². The highest BCUT2D eigenvalue weighted by Gasteiger charge is 2.26. The van der Waals surface area contributed by atoms with Crippen molar-refractivity contribution in [1.29, 1.82) is 0 Å². The second kappa shape index (κ2) is 8.49. The Hall–Kier alpha value is 0.210. The minimum Gasteiger partial charge on any atom is -0.316 e. The Balaban J connectivity index is 0.00000180. The highest BCUT2D eigenvalue weighted by Crippen LogP contribution is 2.32. The van der Waals surface area contributed by atoms with E-state index in [2.05, 4.69) is 31.1 Å². The molecule has 0 radical (unpaired) electrons. The number of hydrogen-bond acceptors (Lipinski definition) is 2. The standard InChI is InChI=1S/C16H32N2.ClH/c1-13(2)15-6-8-16(9-7-15)18(3)12-14-5-4-10-17-11-14;/h13-17H,4-12H2,1-3H3;1H. The van der Waals surface area contributed by atoms with Crippen LogP contribution in [0.25, 0.3) is 0 Å². The van der Waals surface area contributed by atoms with Gasteiger partial charge in [0, 0.05) is 12.6 Å². The summed E-state index contributed by atoms with van der Waals surface area (Å²) in [6.45, 7) is 8.57. The van der Waals surface area contributed by atoms with E-state index in [4.69, 9.17) is 0 Å². The van der Waals surface area contributed by atoms with Gasteiger partial charge in [-0.2, -0.15) is 0 Å². The van der Waals surface area contributed by atoms with Gasteiger partial charge in [0.05, 0.1) is 0 Å². The molecule has 2 nitrogen and oxygen atoms in total. The van der Waals surface area contributed by atoms with Gasteiger partial charge in [0.1, 0.15) is 0 Å². The number of halogens is 1. The first kappa shape index (κ1) is 17.3. The molecule has 1 saturated carbocycles. The Morgan fingerprint density at radius 1 is 1.11 bits per heavy atom. The molecule has 0 amide bonds. The highest BCUT2D eigenvalue weighted by molar-refractivity contribution is 5.85. The molecule has 1 aliphatic heterocycles. The highest BCUT2D eigenvalue weighted by atomic mass is 35.5. The fourth-order valence-electron chi connectivity index (χ4n) is 3.85. The summed E-state index contributed by atoms with van der Waals surface area (Å²) < 4.78 is 0. The molecule has 2 aliphatic rings. The summed E-state index contributed by atoms with van der Waals surface area (Å²) in [4.78, 5) is 2.66. The largest absolute Gasteiger partial charge is 0.316 e. The first-order valence-electron chi connectivity index (χ1n) is 8.07. The smallest absolute Gasteiger partial charge is 0.00925 e. The third kappa shape index (κ3) is 5.24. The Morgan fingerprint density at radius 3 is 2.32 bits per heavy atom. The minimum absolute atomic E-state index is 0. The van der Waals surface area contributed by atoms with Gasteiger partial charge in [-0.25, -0.2) is 0 Å². The summed E-state index contributed by atoms with van der Waals surface area (Å²) in [6.07, 6.45) is 8.57. The Bertz CT molecular complexity index is 231. The molecule has 1 saturated heterocycles. The Labute approximate surface area is 126 Å². The van der Waals surface area contributed by atoms with Crippen LogP contribution in [-0.4, -0.2) is 37.6 Å². The molecule has 2 fully saturated rings. The van der Waals surface area contributed by atoms with Crippen molar-refractivity contribution in [2.24, 2.45) is 17.8 Å². The van der Waals surface area contributed by atoms with Crippen LogP contribution >= 0.6 is 12.4 Å². The van der Waals surface area contributed by atoms with Crippen molar-refractivity contribution in [3.8, 4) is 0 Å². The van der Waals surface area contributed by atoms with Crippen LogP contribution in [-0.2, 0) is 0 Å². The number of piperidine rings is 1. The first-order chi connectivity index (χ1) is 8.66. The van der Waals surface area contributed by atoms with E-state index < -0.39 is 0 Å². The van der Waals surface area contributed by atoms with E-state index in [1.165, 1.54) is 58.2 Å². The molecular weight excluding hydrogens is 256 g/mol. The van der Waals surface area contributed by atoms with Gasteiger partial charge in [0.25, 0.3) is 0 Å². The monoisotopic (exact) mass is 288 g/mol. The van der Waals surface area contributed by atoms with Crippen LogP contribution in [0.2, 0.25) is 0 Å². The number of nitrogens with zero attached hydrogens (tertiary/aromatic N) is 1. The fourth-order valence-corrected chi connectivity index (χ4v) is 3.85. The molecule has 19 heavy (non-hydrogen) atoms. The van der Waals surface area contributed by atoms with Gasteiger partial charge in [-0.3, -0.25) is 0 Å². The van der Waals surface area contributed by atoms with Crippen LogP contribution in [0.5, 0.6) is 0 Å². The number of rotatable bonds is 4. The zero-order valence-corrected chi connectivity index (χ0v) is 13.8. The molecule has 2 rings (SSSR count).